The predicted molar refractivity (Wildman–Crippen MR) is 138 cm³/mol. The number of ether oxygens (including phenoxy) is 2. The third-order valence-electron chi connectivity index (χ3n) is 6.95. The van der Waals surface area contributed by atoms with Crippen molar-refractivity contribution in [2.75, 3.05) is 25.0 Å². The molecule has 2 aliphatic heterocycles. The summed E-state index contributed by atoms with van der Waals surface area (Å²) in [6, 6.07) is 7.28. The molecule has 4 rings (SSSR count). The monoisotopic (exact) mass is 497 g/mol. The maximum absolute atomic E-state index is 13.5. The first-order chi connectivity index (χ1) is 17.1. The number of hydrogen-bond acceptors (Lipinski definition) is 5. The van der Waals surface area contributed by atoms with E-state index in [1.54, 1.807) is 4.90 Å². The Morgan fingerprint density at radius 2 is 1.89 bits per heavy atom. The summed E-state index contributed by atoms with van der Waals surface area (Å²) >= 11 is 0. The number of hydrogen-bond donors (Lipinski definition) is 1. The van der Waals surface area contributed by atoms with Crippen LogP contribution >= 0.6 is 0 Å². The maximum atomic E-state index is 13.5. The number of carbonyl (C=O) groups excluding carboxylic acids is 3. The molecule has 1 aromatic rings. The number of nitrogens with zero attached hydrogens (tertiary/aromatic N) is 2. The molecule has 0 spiro atoms. The molecule has 3 unspecified atom stereocenters. The predicted octanol–water partition coefficient (Wildman–Crippen LogP) is 4.43. The summed E-state index contributed by atoms with van der Waals surface area (Å²) in [7, 11) is 0. The van der Waals surface area contributed by atoms with Crippen molar-refractivity contribution < 1.29 is 23.9 Å². The van der Waals surface area contributed by atoms with E-state index >= 15 is 0 Å². The van der Waals surface area contributed by atoms with Crippen LogP contribution in [0.2, 0.25) is 0 Å². The van der Waals surface area contributed by atoms with Crippen molar-refractivity contribution >= 4 is 23.6 Å². The second-order valence-electron chi connectivity index (χ2n) is 11.1. The minimum absolute atomic E-state index is 0.0679. The van der Waals surface area contributed by atoms with Gasteiger partial charge in [0.05, 0.1) is 25.1 Å². The van der Waals surface area contributed by atoms with Gasteiger partial charge in [-0.15, -0.1) is 0 Å². The highest BCUT2D eigenvalue weighted by molar-refractivity contribution is 5.95. The highest BCUT2D eigenvalue weighted by Crippen LogP contribution is 2.30. The number of morpholine rings is 1. The van der Waals surface area contributed by atoms with Gasteiger partial charge in [0.15, 0.2) is 0 Å². The molecule has 1 aromatic carbocycles. The van der Waals surface area contributed by atoms with Gasteiger partial charge in [0.25, 0.3) is 5.91 Å². The first-order valence-corrected chi connectivity index (χ1v) is 13.1. The number of aryl methyl sites for hydroxylation is 1. The van der Waals surface area contributed by atoms with Gasteiger partial charge in [-0.3, -0.25) is 9.59 Å². The van der Waals surface area contributed by atoms with Gasteiger partial charge in [0.2, 0.25) is 5.91 Å². The van der Waals surface area contributed by atoms with Gasteiger partial charge in [-0.25, -0.2) is 4.79 Å². The lowest BCUT2D eigenvalue weighted by Gasteiger charge is -2.40. The first-order valence-electron chi connectivity index (χ1n) is 13.1. The third-order valence-corrected chi connectivity index (χ3v) is 6.95. The zero-order valence-corrected chi connectivity index (χ0v) is 21.9. The van der Waals surface area contributed by atoms with Crippen molar-refractivity contribution in [2.45, 2.75) is 90.1 Å². The molecule has 36 heavy (non-hydrogen) atoms. The Hall–Kier alpha value is -2.87. The number of fused-ring (bicyclic) bond motifs is 1. The summed E-state index contributed by atoms with van der Waals surface area (Å²) in [6.07, 6.45) is 5.95. The summed E-state index contributed by atoms with van der Waals surface area (Å²) in [6.45, 7) is 8.75. The van der Waals surface area contributed by atoms with Crippen molar-refractivity contribution in [2.24, 2.45) is 0 Å². The van der Waals surface area contributed by atoms with Crippen LogP contribution in [0.1, 0.15) is 64.9 Å². The molecule has 2 saturated heterocycles. The summed E-state index contributed by atoms with van der Waals surface area (Å²) in [5.74, 6) is -0.453. The van der Waals surface area contributed by atoms with Crippen LogP contribution in [0.5, 0.6) is 0 Å². The van der Waals surface area contributed by atoms with Crippen LogP contribution in [-0.2, 0) is 19.1 Å². The number of nitrogens with one attached hydrogen (secondary N) is 1. The van der Waals surface area contributed by atoms with Crippen LogP contribution in [0.4, 0.5) is 10.5 Å². The van der Waals surface area contributed by atoms with Crippen LogP contribution in [-0.4, -0.2) is 71.2 Å². The molecular weight excluding hydrogens is 458 g/mol. The van der Waals surface area contributed by atoms with E-state index in [1.165, 1.54) is 18.4 Å². The maximum Gasteiger partial charge on any atom is 0.410 e. The van der Waals surface area contributed by atoms with Gasteiger partial charge in [0, 0.05) is 18.8 Å². The molecule has 8 nitrogen and oxygen atoms in total. The standard InChI is InChI=1S/C28H39N3O5/c1-19-10-12-21(13-11-19)29-25(32)16-23-26(33)31(15-14-20-8-6-5-7-9-20)22-17-30(18-24(22)35-23)27(34)36-28(2,3)4/h8,10-13,22-24H,5-7,9,14-18H2,1-4H3,(H,29,32). The summed E-state index contributed by atoms with van der Waals surface area (Å²) < 4.78 is 11.7. The fraction of sp³-hybridized carbons (Fsp3) is 0.607. The number of carbonyl (C=O) groups is 3. The van der Waals surface area contributed by atoms with E-state index in [4.69, 9.17) is 9.47 Å². The Morgan fingerprint density at radius 3 is 2.56 bits per heavy atom. The molecule has 196 valence electrons. The highest BCUT2D eigenvalue weighted by atomic mass is 16.6. The van der Waals surface area contributed by atoms with Crippen LogP contribution in [0.15, 0.2) is 35.9 Å². The van der Waals surface area contributed by atoms with Crippen LogP contribution in [0.25, 0.3) is 0 Å². The van der Waals surface area contributed by atoms with Gasteiger partial charge < -0.3 is 24.6 Å². The van der Waals surface area contributed by atoms with Gasteiger partial charge in [-0.05, 0) is 71.9 Å². The average molecular weight is 498 g/mol. The lowest BCUT2D eigenvalue weighted by Crippen LogP contribution is -2.58. The molecule has 0 bridgehead atoms. The number of likely N-dealkylation sites (tertiary alicyclic amines) is 1. The molecule has 3 atom stereocenters. The van der Waals surface area contributed by atoms with E-state index in [9.17, 15) is 14.4 Å². The van der Waals surface area contributed by atoms with Gasteiger partial charge >= 0.3 is 6.09 Å². The molecule has 2 heterocycles. The SMILES string of the molecule is Cc1ccc(NC(=O)CC2OC3CN(C(=O)OC(C)(C)C)CC3N(CCC3=CCCCC3)C2=O)cc1. The van der Waals surface area contributed by atoms with Crippen molar-refractivity contribution in [3.63, 3.8) is 0 Å². The normalized spacial score (nSPS) is 24.3. The first kappa shape index (κ1) is 26.2. The van der Waals surface area contributed by atoms with Crippen LogP contribution in [0, 0.1) is 6.92 Å². The second kappa shape index (κ2) is 11.0. The van der Waals surface area contributed by atoms with E-state index in [1.807, 2.05) is 56.9 Å². The quantitative estimate of drug-likeness (QED) is 0.588. The van der Waals surface area contributed by atoms with Gasteiger partial charge in [-0.1, -0.05) is 29.3 Å². The lowest BCUT2D eigenvalue weighted by atomic mass is 9.96. The zero-order valence-electron chi connectivity index (χ0n) is 21.9. The van der Waals surface area contributed by atoms with Gasteiger partial charge in [0.1, 0.15) is 11.7 Å². The van der Waals surface area contributed by atoms with E-state index in [2.05, 4.69) is 11.4 Å². The molecule has 1 N–H and O–H groups in total. The Kier molecular flexibility index (Phi) is 8.03. The summed E-state index contributed by atoms with van der Waals surface area (Å²) in [5.41, 5.74) is 2.56. The number of anilines is 1. The number of allylic oxidation sites excluding steroid dienone is 1. The Labute approximate surface area is 214 Å². The molecule has 1 aliphatic carbocycles. The topological polar surface area (TPSA) is 88.2 Å². The Balaban J connectivity index is 1.46. The molecule has 3 aliphatic rings. The Morgan fingerprint density at radius 1 is 1.14 bits per heavy atom. The fourth-order valence-electron chi connectivity index (χ4n) is 5.11. The lowest BCUT2D eigenvalue weighted by molar-refractivity contribution is -0.168. The minimum Gasteiger partial charge on any atom is -0.444 e. The van der Waals surface area contributed by atoms with Crippen LogP contribution in [0.3, 0.4) is 0 Å². The number of rotatable bonds is 6. The minimum atomic E-state index is -0.879. The summed E-state index contributed by atoms with van der Waals surface area (Å²) in [5, 5.41) is 2.86. The van der Waals surface area contributed by atoms with Crippen molar-refractivity contribution in [3.05, 3.63) is 41.5 Å². The zero-order chi connectivity index (χ0) is 25.9. The van der Waals surface area contributed by atoms with E-state index in [0.29, 0.717) is 25.3 Å². The molecule has 0 saturated carbocycles. The van der Waals surface area contributed by atoms with E-state index in [0.717, 1.165) is 24.8 Å². The molecule has 2 fully saturated rings. The van der Waals surface area contributed by atoms with E-state index in [-0.39, 0.29) is 30.4 Å². The van der Waals surface area contributed by atoms with Gasteiger partial charge in [-0.2, -0.15) is 0 Å². The van der Waals surface area contributed by atoms with Crippen molar-refractivity contribution in [1.82, 2.24) is 9.80 Å². The third kappa shape index (κ3) is 6.66. The number of benzene rings is 1. The smallest absolute Gasteiger partial charge is 0.410 e. The molecule has 0 aromatic heterocycles. The molecule has 8 heteroatoms. The molecular formula is C28H39N3O5. The number of amides is 3. The Bertz CT molecular complexity index is 997. The van der Waals surface area contributed by atoms with Crippen LogP contribution < -0.4 is 5.32 Å². The van der Waals surface area contributed by atoms with E-state index < -0.39 is 17.8 Å². The largest absolute Gasteiger partial charge is 0.444 e. The van der Waals surface area contributed by atoms with Crippen molar-refractivity contribution in [3.8, 4) is 0 Å². The van der Waals surface area contributed by atoms with Crippen molar-refractivity contribution in [1.29, 1.82) is 0 Å². The summed E-state index contributed by atoms with van der Waals surface area (Å²) in [4.78, 5) is 42.6. The second-order valence-corrected chi connectivity index (χ2v) is 11.1. The fourth-order valence-corrected chi connectivity index (χ4v) is 5.11. The average Bonchev–Trinajstić information content (AvgIpc) is 3.24. The highest BCUT2D eigenvalue weighted by Gasteiger charge is 2.49. The molecule has 3 amide bonds. The molecule has 0 radical (unpaired) electrons.